The van der Waals surface area contributed by atoms with Crippen LogP contribution in [0.5, 0.6) is 0 Å². The molecule has 18 heteroatoms. The second-order valence-corrected chi connectivity index (χ2v) is 18.7. The van der Waals surface area contributed by atoms with Crippen molar-refractivity contribution in [2.45, 2.75) is 60.1 Å². The van der Waals surface area contributed by atoms with Gasteiger partial charge in [0, 0.05) is 0 Å². The smallest absolute Gasteiger partial charge is 0.338 e. The van der Waals surface area contributed by atoms with Gasteiger partial charge in [0.15, 0.2) is 41.8 Å². The van der Waals surface area contributed by atoms with E-state index in [1.165, 1.54) is 84.9 Å². The van der Waals surface area contributed by atoms with Crippen LogP contribution in [0.25, 0.3) is 0 Å². The van der Waals surface area contributed by atoms with E-state index in [1.54, 1.807) is 127 Å². The molecule has 0 spiro atoms. The molecule has 2 saturated heterocycles. The number of hydrogen-bond donors (Lipinski definition) is 0. The molecule has 2 fully saturated rings. The van der Waals surface area contributed by atoms with Gasteiger partial charge >= 0.3 is 41.8 Å². The van der Waals surface area contributed by atoms with E-state index >= 15 is 0 Å². The van der Waals surface area contributed by atoms with Gasteiger partial charge in [0.05, 0.1) is 38.9 Å². The molecule has 7 aromatic carbocycles. The largest absolute Gasteiger partial charge is 0.459 e. The highest BCUT2D eigenvalue weighted by Gasteiger charge is 2.58. The Morgan fingerprint density at radius 1 is 0.304 bits per heavy atom. The molecule has 2 aliphatic rings. The molecule has 2 aliphatic heterocycles. The van der Waals surface area contributed by atoms with Crippen LogP contribution in [0, 0.1) is 0 Å². The van der Waals surface area contributed by atoms with Crippen molar-refractivity contribution >= 4 is 57.7 Å². The number of rotatable bonds is 18. The summed E-state index contributed by atoms with van der Waals surface area (Å²) in [6, 6.07) is 55.1. The molecule has 0 aromatic heterocycles. The lowest BCUT2D eigenvalue weighted by atomic mass is 9.96. The highest BCUT2D eigenvalue weighted by atomic mass is 79.9. The van der Waals surface area contributed by atoms with Gasteiger partial charge in [0.25, 0.3) is 0 Å². The van der Waals surface area contributed by atoms with Crippen LogP contribution in [-0.2, 0) is 47.4 Å². The first kappa shape index (κ1) is 55.0. The first-order valence-electron chi connectivity index (χ1n) is 24.9. The van der Waals surface area contributed by atoms with E-state index in [0.717, 1.165) is 0 Å². The van der Waals surface area contributed by atoms with Crippen molar-refractivity contribution in [2.75, 3.05) is 13.2 Å². The van der Waals surface area contributed by atoms with Crippen LogP contribution in [0.2, 0.25) is 0 Å². The van der Waals surface area contributed by atoms with Crippen molar-refractivity contribution in [1.82, 2.24) is 0 Å². The normalized spacial score (nSPS) is 22.4. The number of carbonyl (C=O) groups excluding carboxylic acids is 7. The summed E-state index contributed by atoms with van der Waals surface area (Å²) >= 11 is 3.49. The molecule has 0 aliphatic carbocycles. The fraction of sp³-hybridized carbons (Fsp3) is 0.197. The quantitative estimate of drug-likeness (QED) is 0.0445. The summed E-state index contributed by atoms with van der Waals surface area (Å²) < 4.78 is 63.0. The number of esters is 7. The Morgan fingerprint density at radius 3 is 0.886 bits per heavy atom. The number of carbonyl (C=O) groups is 7. The molecule has 0 radical (unpaired) electrons. The molecular weight excluding hydrogens is 1080 g/mol. The molecule has 9 rings (SSSR count). The van der Waals surface area contributed by atoms with E-state index < -0.39 is 115 Å². The average molecular weight is 1130 g/mol. The van der Waals surface area contributed by atoms with Gasteiger partial charge in [-0.25, -0.2) is 33.6 Å². The zero-order valence-corrected chi connectivity index (χ0v) is 43.3. The third-order valence-corrected chi connectivity index (χ3v) is 13.2. The summed E-state index contributed by atoms with van der Waals surface area (Å²) in [7, 11) is 0. The van der Waals surface area contributed by atoms with Gasteiger partial charge in [-0.15, -0.1) is 0 Å². The Labute approximate surface area is 461 Å². The maximum absolute atomic E-state index is 14.5. The van der Waals surface area contributed by atoms with E-state index in [-0.39, 0.29) is 38.9 Å². The summed E-state index contributed by atoms with van der Waals surface area (Å²) in [5.74, 6) is -6.33. The summed E-state index contributed by atoms with van der Waals surface area (Å²) in [6.07, 6.45) is -15.7. The summed E-state index contributed by atoms with van der Waals surface area (Å²) in [4.78, 5) is 98.9. The second-order valence-electron chi connectivity index (χ2n) is 17.8. The Bertz CT molecular complexity index is 3170. The molecule has 402 valence electrons. The third-order valence-electron chi connectivity index (χ3n) is 12.5. The molecule has 0 amide bonds. The fourth-order valence-electron chi connectivity index (χ4n) is 8.56. The van der Waals surface area contributed by atoms with E-state index in [2.05, 4.69) is 15.9 Å². The van der Waals surface area contributed by atoms with Gasteiger partial charge in [-0.1, -0.05) is 143 Å². The SMILES string of the molecule is O=C(OCC1O[C@H](Br)C(OC(=O)c2ccccc2)C(OC(=O)c2ccccc2)[C@@H]1O[C@@H]1OC(COC(=O)c2ccccc2)[C@H](OC(=O)c2ccccc2)[C@H](OC(=O)c2ccccc2)C1OC(=O)c1ccccc1)c1ccccc1. The van der Waals surface area contributed by atoms with Crippen LogP contribution >= 0.6 is 15.9 Å². The van der Waals surface area contributed by atoms with Crippen molar-refractivity contribution in [3.8, 4) is 0 Å². The third kappa shape index (κ3) is 14.0. The van der Waals surface area contributed by atoms with Gasteiger partial charge in [0.1, 0.15) is 31.5 Å². The fourth-order valence-corrected chi connectivity index (χ4v) is 9.25. The van der Waals surface area contributed by atoms with E-state index in [0.29, 0.717) is 0 Å². The maximum atomic E-state index is 14.5. The maximum Gasteiger partial charge on any atom is 0.338 e. The molecule has 0 bridgehead atoms. The van der Waals surface area contributed by atoms with E-state index in [4.69, 9.17) is 47.4 Å². The van der Waals surface area contributed by atoms with Crippen LogP contribution in [-0.4, -0.2) is 115 Å². The Kier molecular flexibility index (Phi) is 18.4. The number of benzene rings is 7. The van der Waals surface area contributed by atoms with Crippen LogP contribution in [0.15, 0.2) is 212 Å². The Morgan fingerprint density at radius 2 is 0.557 bits per heavy atom. The monoisotopic (exact) mass is 1130 g/mol. The topological polar surface area (TPSA) is 212 Å². The summed E-state index contributed by atoms with van der Waals surface area (Å²) in [6.45, 7) is -1.34. The predicted molar refractivity (Wildman–Crippen MR) is 283 cm³/mol. The second kappa shape index (κ2) is 26.5. The first-order valence-corrected chi connectivity index (χ1v) is 25.8. The van der Waals surface area contributed by atoms with Crippen molar-refractivity contribution in [1.29, 1.82) is 0 Å². The lowest BCUT2D eigenvalue weighted by molar-refractivity contribution is -0.334. The number of hydrogen-bond acceptors (Lipinski definition) is 17. The number of ether oxygens (including phenoxy) is 10. The zero-order chi connectivity index (χ0) is 55.1. The minimum absolute atomic E-state index is 0.0162. The van der Waals surface area contributed by atoms with Crippen LogP contribution in [0.3, 0.4) is 0 Å². The molecule has 2 heterocycles. The van der Waals surface area contributed by atoms with Gasteiger partial charge < -0.3 is 47.4 Å². The van der Waals surface area contributed by atoms with E-state index in [1.807, 2.05) is 0 Å². The van der Waals surface area contributed by atoms with Gasteiger partial charge in [-0.3, -0.25) is 0 Å². The first-order chi connectivity index (χ1) is 38.5. The average Bonchev–Trinajstić information content (AvgIpc) is 3.51. The zero-order valence-electron chi connectivity index (χ0n) is 41.7. The van der Waals surface area contributed by atoms with Gasteiger partial charge in [-0.2, -0.15) is 0 Å². The van der Waals surface area contributed by atoms with Crippen LogP contribution < -0.4 is 0 Å². The van der Waals surface area contributed by atoms with Gasteiger partial charge in [-0.05, 0) is 84.9 Å². The number of alkyl halides is 1. The Hall–Kier alpha value is -8.81. The minimum atomic E-state index is -2.01. The highest BCUT2D eigenvalue weighted by molar-refractivity contribution is 9.09. The molecule has 10 atom stereocenters. The van der Waals surface area contributed by atoms with Crippen molar-refractivity contribution in [2.24, 2.45) is 0 Å². The standard InChI is InChI=1S/C61H49BrO17/c62-53-51(77-59(68)43-32-18-6-19-33-43)49(75-57(66)41-28-14-4-15-29-41)48(45(72-53)36-70-54(63)38-22-8-1-9-23-38)79-61-52(78-60(69)44-34-20-7-21-35-44)50(76-58(67)42-30-16-5-17-31-42)47(74-56(65)40-26-12-3-13-27-40)46(73-61)37-71-55(64)39-24-10-2-11-25-39/h1-35,45-53,61H,36-37H2/t45?,46?,47-,48+,49?,50-,51?,52?,53-,61-/m0/s1. The molecule has 0 saturated carbocycles. The predicted octanol–water partition coefficient (Wildman–Crippen LogP) is 9.06. The van der Waals surface area contributed by atoms with E-state index in [9.17, 15) is 33.6 Å². The summed E-state index contributed by atoms with van der Waals surface area (Å²) in [5.41, 5.74) is 0.594. The number of halogens is 1. The van der Waals surface area contributed by atoms with Crippen molar-refractivity contribution in [3.63, 3.8) is 0 Å². The van der Waals surface area contributed by atoms with Gasteiger partial charge in [0.2, 0.25) is 0 Å². The van der Waals surface area contributed by atoms with Crippen molar-refractivity contribution in [3.05, 3.63) is 251 Å². The van der Waals surface area contributed by atoms with Crippen LogP contribution in [0.1, 0.15) is 72.5 Å². The van der Waals surface area contributed by atoms with Crippen molar-refractivity contribution < 1.29 is 80.9 Å². The summed E-state index contributed by atoms with van der Waals surface area (Å²) in [5, 5.41) is -1.31. The molecule has 7 aromatic rings. The van der Waals surface area contributed by atoms with Crippen LogP contribution in [0.4, 0.5) is 0 Å². The molecule has 17 nitrogen and oxygen atoms in total. The lowest BCUT2D eigenvalue weighted by Gasteiger charge is -2.48. The molecule has 79 heavy (non-hydrogen) atoms. The minimum Gasteiger partial charge on any atom is -0.459 e. The molecule has 0 N–H and O–H groups in total. The highest BCUT2D eigenvalue weighted by Crippen LogP contribution is 2.38. The lowest BCUT2D eigenvalue weighted by Crippen LogP contribution is -2.66. The molecular formula is C61H49BrO17. The Balaban J connectivity index is 1.18. The molecule has 5 unspecified atom stereocenters.